The van der Waals surface area contributed by atoms with E-state index in [0.717, 1.165) is 0 Å². The number of rotatable bonds is 10. The predicted octanol–water partition coefficient (Wildman–Crippen LogP) is 3.14. The molecule has 0 aliphatic heterocycles. The molecule has 0 fully saturated rings. The number of hydrogen-bond donors (Lipinski definition) is 0. The third-order valence-corrected chi connectivity index (χ3v) is 7.24. The van der Waals surface area contributed by atoms with Crippen molar-refractivity contribution < 1.29 is 17.9 Å². The number of hydrogen-bond acceptors (Lipinski definition) is 9. The van der Waals surface area contributed by atoms with Gasteiger partial charge in [0, 0.05) is 32.1 Å². The quantitative estimate of drug-likeness (QED) is 0.418. The van der Waals surface area contributed by atoms with Crippen molar-refractivity contribution >= 4 is 21.4 Å². The van der Waals surface area contributed by atoms with Crippen LogP contribution in [0.3, 0.4) is 0 Å². The Morgan fingerprint density at radius 3 is 2.39 bits per heavy atom. The van der Waals surface area contributed by atoms with Crippen LogP contribution in [0.2, 0.25) is 5.02 Å². The maximum atomic E-state index is 13.3. The number of pyridine rings is 1. The topological polar surface area (TPSA) is 122 Å². The fraction of sp³-hybridized carbons (Fsp3) is 0.476. The van der Waals surface area contributed by atoms with Gasteiger partial charge in [-0.1, -0.05) is 31.5 Å². The van der Waals surface area contributed by atoms with Crippen LogP contribution in [-0.4, -0.2) is 57.6 Å². The number of sulfone groups is 1. The van der Waals surface area contributed by atoms with E-state index < -0.39 is 21.2 Å². The highest BCUT2D eigenvalue weighted by molar-refractivity contribution is 7.91. The van der Waals surface area contributed by atoms with E-state index >= 15 is 0 Å². The fourth-order valence-corrected chi connectivity index (χ4v) is 4.86. The Bertz CT molecular complexity index is 1180. The summed E-state index contributed by atoms with van der Waals surface area (Å²) in [6, 6.07) is 5.30. The van der Waals surface area contributed by atoms with Gasteiger partial charge in [0.2, 0.25) is 5.88 Å². The first-order valence-electron chi connectivity index (χ1n) is 10.3. The largest absolute Gasteiger partial charge is 0.481 e. The van der Waals surface area contributed by atoms with E-state index in [9.17, 15) is 8.42 Å². The third kappa shape index (κ3) is 5.84. The highest BCUT2D eigenvalue weighted by Gasteiger charge is 2.34. The van der Waals surface area contributed by atoms with Crippen LogP contribution in [0.4, 0.5) is 0 Å². The average molecular weight is 495 g/mol. The Hall–Kier alpha value is -2.63. The lowest BCUT2D eigenvalue weighted by molar-refractivity contribution is 0.0948. The minimum Gasteiger partial charge on any atom is -0.481 e. The minimum absolute atomic E-state index is 0.221. The van der Waals surface area contributed by atoms with Crippen molar-refractivity contribution in [3.8, 4) is 17.4 Å². The number of ether oxygens (including phenoxy) is 2. The Kier molecular flexibility index (Phi) is 7.98. The lowest BCUT2D eigenvalue weighted by Crippen LogP contribution is -2.30. The molecule has 2 atom stereocenters. The molecule has 0 aliphatic carbocycles. The van der Waals surface area contributed by atoms with Gasteiger partial charge in [-0.15, -0.1) is 10.2 Å². The van der Waals surface area contributed by atoms with Crippen molar-refractivity contribution in [2.75, 3.05) is 14.2 Å². The molecule has 33 heavy (non-hydrogen) atoms. The molecule has 178 valence electrons. The first kappa shape index (κ1) is 25.0. The van der Waals surface area contributed by atoms with E-state index in [1.807, 2.05) is 13.8 Å². The zero-order chi connectivity index (χ0) is 24.2. The highest BCUT2D eigenvalue weighted by atomic mass is 35.5. The van der Waals surface area contributed by atoms with Crippen molar-refractivity contribution in [1.82, 2.24) is 29.7 Å². The molecule has 0 bridgehead atoms. The van der Waals surface area contributed by atoms with Gasteiger partial charge in [0.25, 0.3) is 0 Å². The zero-order valence-corrected chi connectivity index (χ0v) is 20.7. The molecule has 0 saturated carbocycles. The van der Waals surface area contributed by atoms with Gasteiger partial charge < -0.3 is 14.0 Å². The van der Waals surface area contributed by atoms with Gasteiger partial charge in [-0.3, -0.25) is 0 Å². The summed E-state index contributed by atoms with van der Waals surface area (Å²) in [6.45, 7) is 6.15. The van der Waals surface area contributed by atoms with Gasteiger partial charge >= 0.3 is 0 Å². The molecule has 3 aromatic heterocycles. The van der Waals surface area contributed by atoms with E-state index in [4.69, 9.17) is 21.1 Å². The molecular weight excluding hydrogens is 468 g/mol. The van der Waals surface area contributed by atoms with Gasteiger partial charge in [0.1, 0.15) is 23.4 Å². The molecule has 3 aromatic rings. The van der Waals surface area contributed by atoms with Crippen molar-refractivity contribution in [3.05, 3.63) is 47.3 Å². The summed E-state index contributed by atoms with van der Waals surface area (Å²) in [5.74, 6) is 1.36. The van der Waals surface area contributed by atoms with Crippen molar-refractivity contribution in [2.24, 2.45) is 5.92 Å². The number of nitrogens with zero attached hydrogens (tertiary/aromatic N) is 6. The molecule has 3 rings (SSSR count). The fourth-order valence-electron chi connectivity index (χ4n) is 3.32. The normalized spacial score (nSPS) is 13.8. The molecule has 0 spiro atoms. The van der Waals surface area contributed by atoms with E-state index in [2.05, 4.69) is 25.1 Å². The van der Waals surface area contributed by atoms with E-state index in [0.29, 0.717) is 34.8 Å². The number of aromatic nitrogens is 6. The second-order valence-electron chi connectivity index (χ2n) is 7.94. The molecule has 3 heterocycles. The SMILES string of the molecule is COc1cccc(-c2nnc(CS(=O)(=O)[C@@H](C)[C@H](OC)c3ncc(Cl)cn3)n2CC(C)C)n1. The highest BCUT2D eigenvalue weighted by Crippen LogP contribution is 2.27. The molecule has 0 aromatic carbocycles. The van der Waals surface area contributed by atoms with Crippen LogP contribution in [0.5, 0.6) is 5.88 Å². The standard InChI is InChI=1S/C21H27ClN6O4S/c1-13(2)11-28-17(26-27-21(28)16-7-6-8-18(25-16)31-4)12-33(29,30)14(3)19(32-5)20-23-9-15(22)10-24-20/h6-10,13-14,19H,11-12H2,1-5H3/t14-,19-/m0/s1. The molecule has 0 unspecified atom stereocenters. The summed E-state index contributed by atoms with van der Waals surface area (Å²) in [4.78, 5) is 12.7. The van der Waals surface area contributed by atoms with Gasteiger partial charge in [-0.25, -0.2) is 23.4 Å². The number of halogens is 1. The molecule has 0 N–H and O–H groups in total. The maximum Gasteiger partial charge on any atom is 0.213 e. The van der Waals surface area contributed by atoms with Crippen LogP contribution in [0, 0.1) is 5.92 Å². The average Bonchev–Trinajstić information content (AvgIpc) is 3.16. The lowest BCUT2D eigenvalue weighted by atomic mass is 10.2. The van der Waals surface area contributed by atoms with Gasteiger partial charge in [-0.2, -0.15) is 0 Å². The van der Waals surface area contributed by atoms with Crippen LogP contribution in [-0.2, 0) is 26.9 Å². The minimum atomic E-state index is -3.73. The van der Waals surface area contributed by atoms with Gasteiger partial charge in [-0.05, 0) is 18.9 Å². The van der Waals surface area contributed by atoms with Crippen molar-refractivity contribution in [1.29, 1.82) is 0 Å². The summed E-state index contributed by atoms with van der Waals surface area (Å²) in [7, 11) is -0.781. The van der Waals surface area contributed by atoms with Gasteiger partial charge in [0.15, 0.2) is 21.5 Å². The van der Waals surface area contributed by atoms with Crippen LogP contribution in [0.25, 0.3) is 11.5 Å². The summed E-state index contributed by atoms with van der Waals surface area (Å²) in [6.07, 6.45) is 1.94. The van der Waals surface area contributed by atoms with Crippen LogP contribution in [0.15, 0.2) is 30.6 Å². The molecule has 0 radical (unpaired) electrons. The van der Waals surface area contributed by atoms with E-state index in [1.54, 1.807) is 29.7 Å². The first-order chi connectivity index (χ1) is 15.7. The van der Waals surface area contributed by atoms with Crippen molar-refractivity contribution in [3.63, 3.8) is 0 Å². The molecule has 10 nitrogen and oxygen atoms in total. The van der Waals surface area contributed by atoms with E-state index in [-0.39, 0.29) is 17.5 Å². The summed E-state index contributed by atoms with van der Waals surface area (Å²) >= 11 is 5.85. The predicted molar refractivity (Wildman–Crippen MR) is 124 cm³/mol. The zero-order valence-electron chi connectivity index (χ0n) is 19.1. The second-order valence-corrected chi connectivity index (χ2v) is 10.7. The third-order valence-electron chi connectivity index (χ3n) is 5.01. The first-order valence-corrected chi connectivity index (χ1v) is 12.4. The van der Waals surface area contributed by atoms with Gasteiger partial charge in [0.05, 0.1) is 17.4 Å². The van der Waals surface area contributed by atoms with Crippen molar-refractivity contribution in [2.45, 2.75) is 44.4 Å². The maximum absolute atomic E-state index is 13.3. The Morgan fingerprint density at radius 1 is 1.09 bits per heavy atom. The Morgan fingerprint density at radius 2 is 1.79 bits per heavy atom. The molecule has 0 aliphatic rings. The molecule has 12 heteroatoms. The smallest absolute Gasteiger partial charge is 0.213 e. The number of methoxy groups -OCH3 is 2. The Balaban J connectivity index is 1.95. The Labute approximate surface area is 198 Å². The monoisotopic (exact) mass is 494 g/mol. The van der Waals surface area contributed by atoms with Crippen LogP contribution >= 0.6 is 11.6 Å². The van der Waals surface area contributed by atoms with E-state index in [1.165, 1.54) is 26.6 Å². The lowest BCUT2D eigenvalue weighted by Gasteiger charge is -2.21. The van der Waals surface area contributed by atoms with Crippen LogP contribution < -0.4 is 4.74 Å². The molecular formula is C21H27ClN6O4S. The summed E-state index contributed by atoms with van der Waals surface area (Å²) < 4.78 is 39.1. The van der Waals surface area contributed by atoms with Crippen LogP contribution in [0.1, 0.15) is 38.5 Å². The summed E-state index contributed by atoms with van der Waals surface area (Å²) in [5, 5.41) is 7.87. The summed E-state index contributed by atoms with van der Waals surface area (Å²) in [5.41, 5.74) is 0.545. The molecule has 0 amide bonds. The molecule has 0 saturated heterocycles. The second kappa shape index (κ2) is 10.5.